The highest BCUT2D eigenvalue weighted by atomic mass is 32.1. The lowest BCUT2D eigenvalue weighted by atomic mass is 10.2. The van der Waals surface area contributed by atoms with Crippen molar-refractivity contribution in [2.45, 2.75) is 33.1 Å². The summed E-state index contributed by atoms with van der Waals surface area (Å²) in [6.45, 7) is 5.89. The second kappa shape index (κ2) is 6.59. The normalized spacial score (nSPS) is 11.1. The molecule has 3 aromatic heterocycles. The van der Waals surface area contributed by atoms with Crippen molar-refractivity contribution in [3.05, 3.63) is 33.3 Å². The van der Waals surface area contributed by atoms with Gasteiger partial charge in [-0.05, 0) is 18.4 Å². The van der Waals surface area contributed by atoms with Gasteiger partial charge in [-0.3, -0.25) is 4.79 Å². The van der Waals surface area contributed by atoms with Gasteiger partial charge >= 0.3 is 0 Å². The quantitative estimate of drug-likeness (QED) is 0.757. The Bertz CT molecular complexity index is 805. The third kappa shape index (κ3) is 3.65. The number of nitrogens with one attached hydrogen (secondary N) is 1. The van der Waals surface area contributed by atoms with Gasteiger partial charge in [-0.1, -0.05) is 25.2 Å². The smallest absolute Gasteiger partial charge is 0.232 e. The molecule has 3 rings (SSSR count). The molecule has 120 valence electrons. The molecular formula is C15H16N4O2S2. The van der Waals surface area contributed by atoms with Crippen LogP contribution >= 0.6 is 22.7 Å². The predicted octanol–water partition coefficient (Wildman–Crippen LogP) is 3.87. The van der Waals surface area contributed by atoms with Gasteiger partial charge in [-0.2, -0.15) is 11.3 Å². The maximum Gasteiger partial charge on any atom is 0.232 e. The van der Waals surface area contributed by atoms with Gasteiger partial charge in [0.25, 0.3) is 0 Å². The van der Waals surface area contributed by atoms with Crippen LogP contribution in [0, 0.1) is 6.92 Å². The first-order valence-corrected chi connectivity index (χ1v) is 8.91. The molecule has 0 unspecified atom stereocenters. The van der Waals surface area contributed by atoms with E-state index in [4.69, 9.17) is 4.42 Å². The van der Waals surface area contributed by atoms with E-state index in [0.29, 0.717) is 28.4 Å². The average Bonchev–Trinajstić information content (AvgIpc) is 3.20. The molecule has 0 radical (unpaired) electrons. The second-order valence-electron chi connectivity index (χ2n) is 5.36. The molecule has 23 heavy (non-hydrogen) atoms. The molecule has 0 spiro atoms. The lowest BCUT2D eigenvalue weighted by Gasteiger charge is -1.99. The van der Waals surface area contributed by atoms with E-state index in [1.54, 1.807) is 11.3 Å². The highest BCUT2D eigenvalue weighted by Crippen LogP contribution is 2.25. The molecule has 0 saturated heterocycles. The van der Waals surface area contributed by atoms with E-state index in [1.165, 1.54) is 11.3 Å². The molecule has 3 aromatic rings. The summed E-state index contributed by atoms with van der Waals surface area (Å²) in [5.41, 5.74) is 1.56. The standard InChI is InChI=1S/C15H16N4O2S2/c1-8(2)14-18-19-15(23-14)17-12(20)6-11-9(3)21-13(16-11)10-4-5-22-7-10/h4-5,7-8H,6H2,1-3H3,(H,17,19,20). The minimum absolute atomic E-state index is 0.149. The second-order valence-corrected chi connectivity index (χ2v) is 7.15. The zero-order chi connectivity index (χ0) is 16.4. The summed E-state index contributed by atoms with van der Waals surface area (Å²) in [4.78, 5) is 16.6. The Morgan fingerprint density at radius 2 is 2.22 bits per heavy atom. The van der Waals surface area contributed by atoms with Crippen LogP contribution in [0.2, 0.25) is 0 Å². The first kappa shape index (κ1) is 15.8. The highest BCUT2D eigenvalue weighted by Gasteiger charge is 2.16. The lowest BCUT2D eigenvalue weighted by molar-refractivity contribution is -0.115. The van der Waals surface area contributed by atoms with E-state index in [0.717, 1.165) is 10.6 Å². The number of oxazole rings is 1. The Kier molecular flexibility index (Phi) is 4.53. The molecule has 1 amide bonds. The number of aromatic nitrogens is 3. The fourth-order valence-corrected chi connectivity index (χ4v) is 3.33. The summed E-state index contributed by atoms with van der Waals surface area (Å²) in [5.74, 6) is 1.32. The number of hydrogen-bond acceptors (Lipinski definition) is 7. The molecule has 3 heterocycles. The third-order valence-corrected chi connectivity index (χ3v) is 4.99. The van der Waals surface area contributed by atoms with Crippen molar-refractivity contribution in [1.29, 1.82) is 0 Å². The number of amides is 1. The van der Waals surface area contributed by atoms with Crippen LogP contribution in [-0.2, 0) is 11.2 Å². The number of thiophene rings is 1. The molecule has 0 aromatic carbocycles. The van der Waals surface area contributed by atoms with E-state index in [2.05, 4.69) is 20.5 Å². The number of aryl methyl sites for hydroxylation is 1. The zero-order valence-corrected chi connectivity index (χ0v) is 14.6. The van der Waals surface area contributed by atoms with E-state index < -0.39 is 0 Å². The zero-order valence-electron chi connectivity index (χ0n) is 13.0. The van der Waals surface area contributed by atoms with Gasteiger partial charge < -0.3 is 9.73 Å². The van der Waals surface area contributed by atoms with Crippen LogP contribution in [0.3, 0.4) is 0 Å². The Labute approximate surface area is 141 Å². The fraction of sp³-hybridized carbons (Fsp3) is 0.333. The Balaban J connectivity index is 1.68. The van der Waals surface area contributed by atoms with Crippen molar-refractivity contribution in [2.24, 2.45) is 0 Å². The van der Waals surface area contributed by atoms with E-state index in [1.807, 2.05) is 37.6 Å². The maximum atomic E-state index is 12.2. The average molecular weight is 348 g/mol. The SMILES string of the molecule is Cc1oc(-c2ccsc2)nc1CC(=O)Nc1nnc(C(C)C)s1. The number of nitrogens with zero attached hydrogens (tertiary/aromatic N) is 3. The number of carbonyl (C=O) groups is 1. The first-order valence-electron chi connectivity index (χ1n) is 7.15. The van der Waals surface area contributed by atoms with Gasteiger partial charge in [0.2, 0.25) is 16.9 Å². The topological polar surface area (TPSA) is 80.9 Å². The van der Waals surface area contributed by atoms with Crippen molar-refractivity contribution in [3.63, 3.8) is 0 Å². The van der Waals surface area contributed by atoms with Gasteiger partial charge in [0.1, 0.15) is 10.8 Å². The predicted molar refractivity (Wildman–Crippen MR) is 90.9 cm³/mol. The van der Waals surface area contributed by atoms with E-state index in [-0.39, 0.29) is 12.3 Å². The number of anilines is 1. The highest BCUT2D eigenvalue weighted by molar-refractivity contribution is 7.15. The maximum absolute atomic E-state index is 12.2. The Morgan fingerprint density at radius 3 is 2.87 bits per heavy atom. The van der Waals surface area contributed by atoms with Crippen molar-refractivity contribution in [3.8, 4) is 11.5 Å². The van der Waals surface area contributed by atoms with Gasteiger partial charge in [-0.15, -0.1) is 10.2 Å². The molecule has 0 fully saturated rings. The van der Waals surface area contributed by atoms with E-state index >= 15 is 0 Å². The summed E-state index contributed by atoms with van der Waals surface area (Å²) in [5, 5.41) is 16.1. The molecule has 0 aliphatic heterocycles. The summed E-state index contributed by atoms with van der Waals surface area (Å²) in [6, 6.07) is 1.94. The van der Waals surface area contributed by atoms with Crippen LogP contribution in [0.25, 0.3) is 11.5 Å². The molecule has 0 bridgehead atoms. The van der Waals surface area contributed by atoms with Gasteiger partial charge in [0.15, 0.2) is 0 Å². The van der Waals surface area contributed by atoms with Gasteiger partial charge in [0, 0.05) is 16.9 Å². The van der Waals surface area contributed by atoms with Crippen molar-refractivity contribution >= 4 is 33.7 Å². The fourth-order valence-electron chi connectivity index (χ4n) is 1.94. The van der Waals surface area contributed by atoms with Gasteiger partial charge in [-0.25, -0.2) is 4.98 Å². The van der Waals surface area contributed by atoms with Crippen LogP contribution in [0.5, 0.6) is 0 Å². The minimum atomic E-state index is -0.176. The van der Waals surface area contributed by atoms with Crippen LogP contribution in [0.15, 0.2) is 21.2 Å². The van der Waals surface area contributed by atoms with Crippen molar-refractivity contribution < 1.29 is 9.21 Å². The molecule has 1 N–H and O–H groups in total. The summed E-state index contributed by atoms with van der Waals surface area (Å²) in [6.07, 6.45) is 0.149. The molecule has 0 atom stereocenters. The first-order chi connectivity index (χ1) is 11.0. The third-order valence-electron chi connectivity index (χ3n) is 3.17. The minimum Gasteiger partial charge on any atom is -0.441 e. The van der Waals surface area contributed by atoms with E-state index in [9.17, 15) is 4.79 Å². The molecule has 0 saturated carbocycles. The van der Waals surface area contributed by atoms with Crippen LogP contribution < -0.4 is 5.32 Å². The largest absolute Gasteiger partial charge is 0.441 e. The summed E-state index contributed by atoms with van der Waals surface area (Å²) >= 11 is 2.97. The number of hydrogen-bond donors (Lipinski definition) is 1. The summed E-state index contributed by atoms with van der Waals surface area (Å²) in [7, 11) is 0. The van der Waals surface area contributed by atoms with Gasteiger partial charge in [0.05, 0.1) is 12.1 Å². The molecular weight excluding hydrogens is 332 g/mol. The molecule has 8 heteroatoms. The van der Waals surface area contributed by atoms with Crippen molar-refractivity contribution in [1.82, 2.24) is 15.2 Å². The Morgan fingerprint density at radius 1 is 1.39 bits per heavy atom. The molecule has 6 nitrogen and oxygen atoms in total. The molecule has 0 aliphatic rings. The van der Waals surface area contributed by atoms with Crippen molar-refractivity contribution in [2.75, 3.05) is 5.32 Å². The summed E-state index contributed by atoms with van der Waals surface area (Å²) < 4.78 is 5.64. The monoisotopic (exact) mass is 348 g/mol. The Hall–Kier alpha value is -2.06. The number of rotatable bonds is 5. The van der Waals surface area contributed by atoms with Crippen LogP contribution in [-0.4, -0.2) is 21.1 Å². The molecule has 0 aliphatic carbocycles. The van der Waals surface area contributed by atoms with Crippen LogP contribution in [0.1, 0.15) is 36.2 Å². The lowest BCUT2D eigenvalue weighted by Crippen LogP contribution is -2.15. The number of carbonyl (C=O) groups excluding carboxylic acids is 1. The van der Waals surface area contributed by atoms with Crippen LogP contribution in [0.4, 0.5) is 5.13 Å².